The topological polar surface area (TPSA) is 129 Å². The van der Waals surface area contributed by atoms with E-state index in [0.717, 1.165) is 83.7 Å². The van der Waals surface area contributed by atoms with Crippen LogP contribution >= 0.6 is 0 Å². The lowest BCUT2D eigenvalue weighted by Gasteiger charge is -2.60. The Hall–Kier alpha value is -5.46. The monoisotopic (exact) mass is 912 g/mol. The van der Waals surface area contributed by atoms with Crippen LogP contribution in [0.15, 0.2) is 121 Å². The number of hydrogen-bond acceptors (Lipinski definition) is 10. The van der Waals surface area contributed by atoms with Gasteiger partial charge in [0, 0.05) is 37.5 Å². The number of carbonyl (C=O) groups is 1. The number of aliphatic hydroxyl groups is 2. The van der Waals surface area contributed by atoms with Crippen LogP contribution in [0.4, 0.5) is 4.79 Å². The van der Waals surface area contributed by atoms with Crippen LogP contribution in [0.1, 0.15) is 98.8 Å². The van der Waals surface area contributed by atoms with Gasteiger partial charge in [-0.25, -0.2) is 4.79 Å². The Balaban J connectivity index is 1.35. The number of nitrogens with zero attached hydrogens (tertiary/aromatic N) is 2. The van der Waals surface area contributed by atoms with Gasteiger partial charge in [-0.2, -0.15) is 0 Å². The maximum absolute atomic E-state index is 15.0. The summed E-state index contributed by atoms with van der Waals surface area (Å²) in [5.41, 5.74) is 5.89. The van der Waals surface area contributed by atoms with Crippen molar-refractivity contribution >= 4 is 22.6 Å². The summed E-state index contributed by atoms with van der Waals surface area (Å²) in [6.45, 7) is 13.4. The molecule has 11 nitrogen and oxygen atoms in total. The van der Waals surface area contributed by atoms with Crippen LogP contribution in [-0.4, -0.2) is 78.1 Å². The molecule has 4 aromatic rings. The molecule has 2 N–H and O–H groups in total. The smallest absolute Gasteiger partial charge is 0.410 e. The number of ether oxygens (including phenoxy) is 5. The molecule has 1 saturated carbocycles. The van der Waals surface area contributed by atoms with Crippen molar-refractivity contribution in [1.29, 1.82) is 0 Å². The van der Waals surface area contributed by atoms with Crippen LogP contribution in [0.3, 0.4) is 0 Å². The van der Waals surface area contributed by atoms with E-state index in [1.807, 2.05) is 36.4 Å². The Morgan fingerprint density at radius 2 is 1.70 bits per heavy atom. The summed E-state index contributed by atoms with van der Waals surface area (Å²) < 4.78 is 33.6. The number of aryl methyl sites for hydroxylation is 2. The zero-order valence-electron chi connectivity index (χ0n) is 39.3. The molecule has 7 atom stereocenters. The Kier molecular flexibility index (Phi) is 16.2. The Bertz CT molecular complexity index is 2400. The highest BCUT2D eigenvalue weighted by atomic mass is 16.8. The molecule has 0 spiro atoms. The third kappa shape index (κ3) is 10.7. The highest BCUT2D eigenvalue weighted by Gasteiger charge is 2.66. The first-order chi connectivity index (χ1) is 32.8. The maximum Gasteiger partial charge on any atom is 0.410 e. The van der Waals surface area contributed by atoms with E-state index in [-0.39, 0.29) is 57.1 Å². The van der Waals surface area contributed by atoms with E-state index in [2.05, 4.69) is 75.5 Å². The Morgan fingerprint density at radius 3 is 2.48 bits per heavy atom. The van der Waals surface area contributed by atoms with Gasteiger partial charge < -0.3 is 38.7 Å². The summed E-state index contributed by atoms with van der Waals surface area (Å²) in [7, 11) is 0. The molecular formula is C56H68N2O9. The van der Waals surface area contributed by atoms with Crippen LogP contribution in [0, 0.1) is 31.6 Å². The van der Waals surface area contributed by atoms with Gasteiger partial charge in [0.15, 0.2) is 0 Å². The number of carbonyl (C=O) groups excluding carboxylic acids is 1. The van der Waals surface area contributed by atoms with Crippen LogP contribution in [0.5, 0.6) is 17.2 Å². The second-order valence-electron chi connectivity index (χ2n) is 18.5. The molecule has 4 aliphatic rings. The summed E-state index contributed by atoms with van der Waals surface area (Å²) >= 11 is 0. The first kappa shape index (κ1) is 48.0. The third-order valence-electron chi connectivity index (χ3n) is 14.2. The van der Waals surface area contributed by atoms with E-state index >= 15 is 4.79 Å². The van der Waals surface area contributed by atoms with Crippen molar-refractivity contribution < 1.29 is 43.5 Å². The lowest BCUT2D eigenvalue weighted by atomic mass is 9.55. The zero-order chi connectivity index (χ0) is 46.8. The second kappa shape index (κ2) is 22.6. The highest BCUT2D eigenvalue weighted by molar-refractivity contribution is 6.03. The maximum atomic E-state index is 15.0. The van der Waals surface area contributed by atoms with Crippen molar-refractivity contribution in [3.63, 3.8) is 0 Å². The van der Waals surface area contributed by atoms with E-state index in [0.29, 0.717) is 43.1 Å². The minimum Gasteiger partial charge on any atom is -0.459 e. The van der Waals surface area contributed by atoms with Crippen LogP contribution in [0.2, 0.25) is 0 Å². The molecule has 7 unspecified atom stereocenters. The first-order valence-electron chi connectivity index (χ1n) is 24.4. The van der Waals surface area contributed by atoms with Crippen molar-refractivity contribution in [3.05, 3.63) is 138 Å². The van der Waals surface area contributed by atoms with E-state index in [1.54, 1.807) is 17.1 Å². The lowest BCUT2D eigenvalue weighted by Crippen LogP contribution is -2.70. The van der Waals surface area contributed by atoms with E-state index in [1.165, 1.54) is 5.56 Å². The average molecular weight is 913 g/mol. The summed E-state index contributed by atoms with van der Waals surface area (Å²) in [5, 5.41) is 27.2. The molecule has 0 radical (unpaired) electrons. The quantitative estimate of drug-likeness (QED) is 0.0477. The molecule has 2 aliphatic carbocycles. The van der Waals surface area contributed by atoms with E-state index in [9.17, 15) is 10.2 Å². The van der Waals surface area contributed by atoms with Crippen molar-refractivity contribution in [2.24, 2.45) is 22.9 Å². The lowest BCUT2D eigenvalue weighted by molar-refractivity contribution is -0.256. The number of allylic oxidation sites excluding steroid dienone is 1. The van der Waals surface area contributed by atoms with Crippen molar-refractivity contribution in [1.82, 2.24) is 4.90 Å². The molecule has 2 fully saturated rings. The molecule has 0 aromatic heterocycles. The predicted molar refractivity (Wildman–Crippen MR) is 261 cm³/mol. The number of oxime groups is 1. The van der Waals surface area contributed by atoms with Crippen molar-refractivity contribution in [2.75, 3.05) is 33.0 Å². The molecule has 356 valence electrons. The van der Waals surface area contributed by atoms with Gasteiger partial charge in [-0.05, 0) is 134 Å². The van der Waals surface area contributed by atoms with E-state index < -0.39 is 30.1 Å². The number of rotatable bonds is 21. The van der Waals surface area contributed by atoms with Gasteiger partial charge in [-0.1, -0.05) is 84.8 Å². The molecule has 4 aromatic carbocycles. The fraction of sp³-hybridized carbons (Fsp3) is 0.464. The predicted octanol–water partition coefficient (Wildman–Crippen LogP) is 11.6. The van der Waals surface area contributed by atoms with Crippen molar-refractivity contribution in [3.8, 4) is 17.2 Å². The zero-order valence-corrected chi connectivity index (χ0v) is 39.3. The molecule has 2 aliphatic heterocycles. The van der Waals surface area contributed by atoms with Gasteiger partial charge >= 0.3 is 6.09 Å². The van der Waals surface area contributed by atoms with Crippen molar-refractivity contribution in [2.45, 2.75) is 115 Å². The fourth-order valence-corrected chi connectivity index (χ4v) is 10.8. The normalized spacial score (nSPS) is 24.7. The third-order valence-corrected chi connectivity index (χ3v) is 14.2. The molecule has 1 saturated heterocycles. The minimum atomic E-state index is -1.47. The average Bonchev–Trinajstić information content (AvgIpc) is 3.34. The summed E-state index contributed by atoms with van der Waals surface area (Å²) in [5.74, 6) is -0.0446. The van der Waals surface area contributed by atoms with Crippen LogP contribution < -0.4 is 9.47 Å². The van der Waals surface area contributed by atoms with Gasteiger partial charge in [0.1, 0.15) is 23.3 Å². The minimum absolute atomic E-state index is 0.0406. The molecule has 2 heterocycles. The first-order valence-corrected chi connectivity index (χ1v) is 24.4. The van der Waals surface area contributed by atoms with Crippen LogP contribution in [-0.2, 0) is 25.6 Å². The number of aliphatic hydroxyl groups excluding tert-OH is 2. The molecule has 8 rings (SSSR count). The molecule has 0 bridgehead atoms. The number of fused-ring (bicyclic) bond motifs is 3. The standard InChI is InChI=1S/C56H68N2O9/c1-5-7-31-63-55(61)58(37-42-20-16-19-40-17-8-9-21-45(40)42)51-36-49(57-67-52-23-12-15-32-62-52)47-34-41(18-10-13-28-59)46(22-11-14-29-60)53-48-35-44(65-43-25-24-38(3)39(4)33-43)26-27-50(48)66-56(51,54(47)53)64-30-6-2/h5-6,8-9,16-17,19-21,24-27,33-35,41,46,51-54,59-60H,1-2,7,10-15,18,22-23,28-32,36-37H2,3-4H3. The summed E-state index contributed by atoms with van der Waals surface area (Å²) in [6.07, 6.45) is 12.8. The Labute approximate surface area is 396 Å². The van der Waals surface area contributed by atoms with Gasteiger partial charge in [0.2, 0.25) is 12.1 Å². The molecule has 1 amide bonds. The number of benzene rings is 4. The van der Waals surface area contributed by atoms with Gasteiger partial charge in [-0.15, -0.1) is 13.2 Å². The highest BCUT2D eigenvalue weighted by Crippen LogP contribution is 2.62. The number of unbranched alkanes of at least 4 members (excludes halogenated alkanes) is 2. The largest absolute Gasteiger partial charge is 0.459 e. The van der Waals surface area contributed by atoms with Crippen LogP contribution in [0.25, 0.3) is 10.8 Å². The molecular weight excluding hydrogens is 845 g/mol. The number of amides is 1. The summed E-state index contributed by atoms with van der Waals surface area (Å²) in [4.78, 5) is 23.2. The van der Waals surface area contributed by atoms with Gasteiger partial charge in [0.25, 0.3) is 0 Å². The Morgan fingerprint density at radius 1 is 0.910 bits per heavy atom. The fourth-order valence-electron chi connectivity index (χ4n) is 10.8. The van der Waals surface area contributed by atoms with Gasteiger partial charge in [-0.3, -0.25) is 4.90 Å². The SMILES string of the molecule is C=CCCOC(=O)N(Cc1cccc2ccccc12)C1CC(=NOC2CCCCO2)C2=CC(CCCCO)C(CCCCO)C3c4cc(Oc5ccc(C)c(C)c5)ccc4OC1(OCC=C)C23. The summed E-state index contributed by atoms with van der Waals surface area (Å²) in [6, 6.07) is 25.7. The molecule has 67 heavy (non-hydrogen) atoms. The number of hydrogen-bond donors (Lipinski definition) is 2. The molecule has 11 heteroatoms. The second-order valence-corrected chi connectivity index (χ2v) is 18.5. The van der Waals surface area contributed by atoms with E-state index in [4.69, 9.17) is 33.7 Å². The van der Waals surface area contributed by atoms with Gasteiger partial charge in [0.05, 0.1) is 38.0 Å².